The zero-order valence-electron chi connectivity index (χ0n) is 14.0. The van der Waals surface area contributed by atoms with Crippen LogP contribution in [0, 0.1) is 11.8 Å². The van der Waals surface area contributed by atoms with Crippen LogP contribution in [0.25, 0.3) is 11.3 Å². The molecule has 4 nitrogen and oxygen atoms in total. The fraction of sp³-hybridized carbons (Fsp3) is 0.400. The van der Waals surface area contributed by atoms with E-state index in [-0.39, 0.29) is 5.91 Å². The van der Waals surface area contributed by atoms with Crippen LogP contribution in [0.2, 0.25) is 0 Å². The maximum atomic E-state index is 12.4. The van der Waals surface area contributed by atoms with Gasteiger partial charge in [0.1, 0.15) is 11.5 Å². The fourth-order valence-electron chi connectivity index (χ4n) is 4.18. The van der Waals surface area contributed by atoms with Gasteiger partial charge in [0.05, 0.1) is 4.86 Å². The average Bonchev–Trinajstić information content (AvgIpc) is 3.32. The van der Waals surface area contributed by atoms with Crippen LogP contribution >= 0.6 is 12.2 Å². The summed E-state index contributed by atoms with van der Waals surface area (Å²) in [6.45, 7) is 0. The highest BCUT2D eigenvalue weighted by atomic mass is 32.1. The predicted octanol–water partition coefficient (Wildman–Crippen LogP) is 3.75. The van der Waals surface area contributed by atoms with Crippen molar-refractivity contribution >= 4 is 28.7 Å². The maximum Gasteiger partial charge on any atom is 0.258 e. The van der Waals surface area contributed by atoms with Crippen LogP contribution < -0.4 is 11.1 Å². The second-order valence-electron chi connectivity index (χ2n) is 7.24. The van der Waals surface area contributed by atoms with E-state index in [9.17, 15) is 4.79 Å². The monoisotopic (exact) mass is 354 g/mol. The van der Waals surface area contributed by atoms with Gasteiger partial charge in [-0.05, 0) is 67.5 Å². The standard InChI is InChI=1S/C20H22N2O2S/c21-15-5-3-13(4-6-15)18-8-7-16(24-18)11-19(25)20(23)22-17-10-12-1-2-14(17)9-12/h3-8,12,14,17H,1-2,9-11,21H2,(H,22,23). The van der Waals surface area contributed by atoms with Crippen molar-refractivity contribution in [3.63, 3.8) is 0 Å². The summed E-state index contributed by atoms with van der Waals surface area (Å²) < 4.78 is 5.84. The van der Waals surface area contributed by atoms with Crippen molar-refractivity contribution in [2.75, 3.05) is 5.73 Å². The van der Waals surface area contributed by atoms with Crippen molar-refractivity contribution in [3.8, 4) is 11.3 Å². The van der Waals surface area contributed by atoms with E-state index >= 15 is 0 Å². The molecule has 5 heteroatoms. The summed E-state index contributed by atoms with van der Waals surface area (Å²) in [5, 5.41) is 3.14. The minimum Gasteiger partial charge on any atom is -0.461 e. The lowest BCUT2D eigenvalue weighted by Gasteiger charge is -2.22. The molecular formula is C20H22N2O2S. The first kappa shape index (κ1) is 16.3. The van der Waals surface area contributed by atoms with Crippen LogP contribution in [-0.4, -0.2) is 16.8 Å². The van der Waals surface area contributed by atoms with Gasteiger partial charge in [0.25, 0.3) is 5.91 Å². The SMILES string of the molecule is Nc1ccc(-c2ccc(CC(=S)C(=O)NC3CC4CCC3C4)o2)cc1. The number of nitrogens with two attached hydrogens (primary N) is 1. The molecule has 1 aromatic carbocycles. The van der Waals surface area contributed by atoms with Crippen LogP contribution in [0.15, 0.2) is 40.8 Å². The number of hydrogen-bond donors (Lipinski definition) is 2. The van der Waals surface area contributed by atoms with E-state index in [0.717, 1.165) is 23.7 Å². The number of nitrogen functional groups attached to an aromatic ring is 1. The van der Waals surface area contributed by atoms with Crippen molar-refractivity contribution in [3.05, 3.63) is 42.2 Å². The first-order chi connectivity index (χ1) is 12.1. The van der Waals surface area contributed by atoms with Gasteiger partial charge >= 0.3 is 0 Å². The van der Waals surface area contributed by atoms with Crippen LogP contribution in [0.1, 0.15) is 31.4 Å². The molecule has 2 aliphatic carbocycles. The van der Waals surface area contributed by atoms with E-state index < -0.39 is 0 Å². The van der Waals surface area contributed by atoms with E-state index in [2.05, 4.69) is 5.32 Å². The number of nitrogens with one attached hydrogen (secondary N) is 1. The number of benzene rings is 1. The highest BCUT2D eigenvalue weighted by Crippen LogP contribution is 2.44. The van der Waals surface area contributed by atoms with Crippen LogP contribution in [0.5, 0.6) is 0 Å². The third kappa shape index (κ3) is 3.47. The van der Waals surface area contributed by atoms with Gasteiger partial charge in [-0.15, -0.1) is 0 Å². The predicted molar refractivity (Wildman–Crippen MR) is 102 cm³/mol. The van der Waals surface area contributed by atoms with Gasteiger partial charge in [-0.25, -0.2) is 0 Å². The van der Waals surface area contributed by atoms with Gasteiger partial charge in [0.15, 0.2) is 0 Å². The number of carbonyl (C=O) groups is 1. The number of thiocarbonyl (C=S) groups is 1. The first-order valence-corrected chi connectivity index (χ1v) is 9.27. The van der Waals surface area contributed by atoms with Gasteiger partial charge in [-0.1, -0.05) is 18.6 Å². The molecule has 3 N–H and O–H groups in total. The summed E-state index contributed by atoms with van der Waals surface area (Å²) in [4.78, 5) is 12.8. The Kier molecular flexibility index (Phi) is 4.34. The average molecular weight is 354 g/mol. The number of carbonyl (C=O) groups excluding carboxylic acids is 1. The first-order valence-electron chi connectivity index (χ1n) is 8.87. The minimum absolute atomic E-state index is 0.113. The lowest BCUT2D eigenvalue weighted by Crippen LogP contribution is -2.42. The number of amides is 1. The summed E-state index contributed by atoms with van der Waals surface area (Å²) >= 11 is 5.33. The van der Waals surface area contributed by atoms with Gasteiger partial charge in [-0.3, -0.25) is 4.79 Å². The number of fused-ring (bicyclic) bond motifs is 2. The van der Waals surface area contributed by atoms with Crippen molar-refractivity contribution in [1.29, 1.82) is 0 Å². The third-order valence-corrected chi connectivity index (χ3v) is 5.83. The van der Waals surface area contributed by atoms with E-state index in [4.69, 9.17) is 22.4 Å². The maximum absolute atomic E-state index is 12.4. The fourth-order valence-corrected chi connectivity index (χ4v) is 4.39. The second-order valence-corrected chi connectivity index (χ2v) is 7.74. The number of rotatable bonds is 5. The molecule has 1 amide bonds. The molecule has 2 bridgehead atoms. The lowest BCUT2D eigenvalue weighted by molar-refractivity contribution is -0.115. The smallest absolute Gasteiger partial charge is 0.258 e. The molecule has 130 valence electrons. The Morgan fingerprint density at radius 3 is 2.64 bits per heavy atom. The number of hydrogen-bond acceptors (Lipinski definition) is 4. The molecule has 3 unspecified atom stereocenters. The Hall–Kier alpha value is -2.14. The molecule has 25 heavy (non-hydrogen) atoms. The zero-order chi connectivity index (χ0) is 17.4. The quantitative estimate of drug-likeness (QED) is 0.634. The van der Waals surface area contributed by atoms with Crippen molar-refractivity contribution < 1.29 is 9.21 Å². The Labute approximate surface area is 152 Å². The molecule has 3 atom stereocenters. The van der Waals surface area contributed by atoms with Gasteiger partial charge in [-0.2, -0.15) is 0 Å². The molecule has 2 aliphatic rings. The largest absolute Gasteiger partial charge is 0.461 e. The summed E-state index contributed by atoms with van der Waals surface area (Å²) in [5.41, 5.74) is 7.38. The number of furan rings is 1. The normalized spacial score (nSPS) is 24.4. The molecule has 0 aliphatic heterocycles. The highest BCUT2D eigenvalue weighted by Gasteiger charge is 2.40. The number of anilines is 1. The molecule has 0 spiro atoms. The summed E-state index contributed by atoms with van der Waals surface area (Å²) in [5.74, 6) is 2.80. The van der Waals surface area contributed by atoms with Crippen LogP contribution in [-0.2, 0) is 11.2 Å². The van der Waals surface area contributed by atoms with Crippen molar-refractivity contribution in [2.45, 2.75) is 38.1 Å². The Morgan fingerprint density at radius 1 is 1.16 bits per heavy atom. The summed E-state index contributed by atoms with van der Waals surface area (Å²) in [6.07, 6.45) is 5.30. The molecule has 1 heterocycles. The molecule has 0 saturated heterocycles. The topological polar surface area (TPSA) is 68.3 Å². The second kappa shape index (κ2) is 6.64. The van der Waals surface area contributed by atoms with E-state index in [1.54, 1.807) is 0 Å². The van der Waals surface area contributed by atoms with Crippen molar-refractivity contribution in [2.24, 2.45) is 11.8 Å². The molecule has 2 aromatic rings. The van der Waals surface area contributed by atoms with Crippen LogP contribution in [0.3, 0.4) is 0 Å². The highest BCUT2D eigenvalue weighted by molar-refractivity contribution is 7.82. The molecular weight excluding hydrogens is 332 g/mol. The molecule has 1 aromatic heterocycles. The minimum atomic E-state index is -0.113. The lowest BCUT2D eigenvalue weighted by atomic mass is 9.95. The summed E-state index contributed by atoms with van der Waals surface area (Å²) in [6, 6.07) is 11.6. The Morgan fingerprint density at radius 2 is 1.96 bits per heavy atom. The molecule has 2 saturated carbocycles. The Bertz CT molecular complexity index is 796. The van der Waals surface area contributed by atoms with Gasteiger partial charge in [0, 0.05) is 23.7 Å². The van der Waals surface area contributed by atoms with Gasteiger partial charge < -0.3 is 15.5 Å². The van der Waals surface area contributed by atoms with E-state index in [0.29, 0.717) is 34.7 Å². The Balaban J connectivity index is 1.36. The van der Waals surface area contributed by atoms with E-state index in [1.165, 1.54) is 19.3 Å². The molecule has 2 fully saturated rings. The zero-order valence-corrected chi connectivity index (χ0v) is 14.9. The molecule has 4 rings (SSSR count). The summed E-state index contributed by atoms with van der Waals surface area (Å²) in [7, 11) is 0. The van der Waals surface area contributed by atoms with Crippen LogP contribution in [0.4, 0.5) is 5.69 Å². The van der Waals surface area contributed by atoms with E-state index in [1.807, 2.05) is 36.4 Å². The molecule has 0 radical (unpaired) electrons. The third-order valence-electron chi connectivity index (χ3n) is 5.50. The van der Waals surface area contributed by atoms with Gasteiger partial charge in [0.2, 0.25) is 0 Å². The van der Waals surface area contributed by atoms with Crippen molar-refractivity contribution in [1.82, 2.24) is 5.32 Å².